The number of nitrogens with zero attached hydrogens (tertiary/aromatic N) is 1. The fourth-order valence-corrected chi connectivity index (χ4v) is 3.22. The Bertz CT molecular complexity index is 926. The van der Waals surface area contributed by atoms with Crippen LogP contribution in [0.3, 0.4) is 0 Å². The first-order valence-corrected chi connectivity index (χ1v) is 9.72. The van der Waals surface area contributed by atoms with Gasteiger partial charge in [0, 0.05) is 23.0 Å². The van der Waals surface area contributed by atoms with E-state index in [4.69, 9.17) is 0 Å². The summed E-state index contributed by atoms with van der Waals surface area (Å²) >= 11 is 0. The van der Waals surface area contributed by atoms with E-state index in [1.807, 2.05) is 11.9 Å². The first-order valence-electron chi connectivity index (χ1n) is 9.72. The van der Waals surface area contributed by atoms with Gasteiger partial charge in [-0.2, -0.15) is 13.2 Å². The number of halogens is 3. The molecule has 1 aliphatic rings. The first kappa shape index (κ1) is 21.8. The maximum absolute atomic E-state index is 12.8. The van der Waals surface area contributed by atoms with Gasteiger partial charge in [-0.25, -0.2) is 0 Å². The number of carbonyl (C=O) groups excluding carboxylic acids is 2. The molecule has 8 heteroatoms. The Morgan fingerprint density at radius 3 is 2.33 bits per heavy atom. The van der Waals surface area contributed by atoms with Gasteiger partial charge in [0.25, 0.3) is 5.91 Å². The Hall–Kier alpha value is -2.87. The number of alkyl halides is 3. The standard InChI is InChI=1S/C22H24F3N3O2/c1-14(15-9-10-15)28(2)13-20(29)26-18-7-3-5-16(11-18)21(30)27-19-8-4-6-17(12-19)22(23,24)25/h3-8,11-12,14-15H,9-10,13H2,1-2H3,(H,26,29)(H,27,30)/t14-/m1/s1. The molecule has 0 heterocycles. The van der Waals surface area contributed by atoms with Gasteiger partial charge in [0.15, 0.2) is 0 Å². The molecule has 0 aromatic heterocycles. The zero-order valence-electron chi connectivity index (χ0n) is 16.8. The Balaban J connectivity index is 1.62. The highest BCUT2D eigenvalue weighted by atomic mass is 19.4. The van der Waals surface area contributed by atoms with Crippen LogP contribution in [0.2, 0.25) is 0 Å². The zero-order chi connectivity index (χ0) is 21.9. The molecule has 2 aromatic carbocycles. The highest BCUT2D eigenvalue weighted by Gasteiger charge is 2.31. The van der Waals surface area contributed by atoms with Gasteiger partial charge in [-0.05, 0) is 69.1 Å². The van der Waals surface area contributed by atoms with E-state index in [1.165, 1.54) is 37.1 Å². The van der Waals surface area contributed by atoms with Gasteiger partial charge in [-0.15, -0.1) is 0 Å². The van der Waals surface area contributed by atoms with Crippen molar-refractivity contribution in [1.82, 2.24) is 4.90 Å². The SMILES string of the molecule is C[C@H](C1CC1)N(C)CC(=O)Nc1cccc(C(=O)Nc2cccc(C(F)(F)F)c2)c1. The van der Waals surface area contributed by atoms with Crippen molar-refractivity contribution in [2.75, 3.05) is 24.2 Å². The summed E-state index contributed by atoms with van der Waals surface area (Å²) in [5.74, 6) is -0.115. The number of hydrogen-bond donors (Lipinski definition) is 2. The number of carbonyl (C=O) groups is 2. The van der Waals surface area contributed by atoms with E-state index in [1.54, 1.807) is 12.1 Å². The maximum atomic E-state index is 12.8. The van der Waals surface area contributed by atoms with Gasteiger partial charge in [0.2, 0.25) is 5.91 Å². The Morgan fingerprint density at radius 2 is 1.70 bits per heavy atom. The van der Waals surface area contributed by atoms with E-state index < -0.39 is 17.6 Å². The molecule has 30 heavy (non-hydrogen) atoms. The predicted octanol–water partition coefficient (Wildman–Crippen LogP) is 4.63. The smallest absolute Gasteiger partial charge is 0.325 e. The lowest BCUT2D eigenvalue weighted by molar-refractivity contribution is -0.137. The number of anilines is 2. The molecule has 0 unspecified atom stereocenters. The van der Waals surface area contributed by atoms with Gasteiger partial charge < -0.3 is 10.6 Å². The summed E-state index contributed by atoms with van der Waals surface area (Å²) in [4.78, 5) is 26.8. The Morgan fingerprint density at radius 1 is 1.07 bits per heavy atom. The molecule has 1 atom stereocenters. The molecule has 1 saturated carbocycles. The molecule has 2 aromatic rings. The molecule has 1 fully saturated rings. The number of likely N-dealkylation sites (N-methyl/N-ethyl adjacent to an activating group) is 1. The molecule has 0 radical (unpaired) electrons. The number of benzene rings is 2. The van der Waals surface area contributed by atoms with Gasteiger partial charge >= 0.3 is 6.18 Å². The Kier molecular flexibility index (Phi) is 6.45. The quantitative estimate of drug-likeness (QED) is 0.688. The summed E-state index contributed by atoms with van der Waals surface area (Å²) in [6.07, 6.45) is -2.11. The van der Waals surface area contributed by atoms with Crippen molar-refractivity contribution in [3.63, 3.8) is 0 Å². The van der Waals surface area contributed by atoms with E-state index >= 15 is 0 Å². The topological polar surface area (TPSA) is 61.4 Å². The largest absolute Gasteiger partial charge is 0.416 e. The number of amides is 2. The predicted molar refractivity (Wildman–Crippen MR) is 109 cm³/mol. The summed E-state index contributed by atoms with van der Waals surface area (Å²) in [6.45, 7) is 2.34. The van der Waals surface area contributed by atoms with Crippen LogP contribution in [0.4, 0.5) is 24.5 Å². The van der Waals surface area contributed by atoms with Crippen LogP contribution in [-0.2, 0) is 11.0 Å². The molecular weight excluding hydrogens is 395 g/mol. The van der Waals surface area contributed by atoms with Crippen molar-refractivity contribution < 1.29 is 22.8 Å². The molecule has 2 amide bonds. The van der Waals surface area contributed by atoms with Crippen LogP contribution in [0.1, 0.15) is 35.7 Å². The minimum atomic E-state index is -4.49. The van der Waals surface area contributed by atoms with E-state index in [0.29, 0.717) is 17.6 Å². The van der Waals surface area contributed by atoms with Crippen LogP contribution in [0, 0.1) is 5.92 Å². The molecule has 3 rings (SSSR count). The van der Waals surface area contributed by atoms with Crippen molar-refractivity contribution in [2.45, 2.75) is 32.0 Å². The average molecular weight is 419 g/mol. The summed E-state index contributed by atoms with van der Waals surface area (Å²) < 4.78 is 38.5. The highest BCUT2D eigenvalue weighted by molar-refractivity contribution is 6.05. The van der Waals surface area contributed by atoms with Crippen molar-refractivity contribution >= 4 is 23.2 Å². The fourth-order valence-electron chi connectivity index (χ4n) is 3.22. The molecule has 0 aliphatic heterocycles. The normalized spacial score (nSPS) is 15.0. The summed E-state index contributed by atoms with van der Waals surface area (Å²) in [7, 11) is 1.90. The van der Waals surface area contributed by atoms with Crippen molar-refractivity contribution in [1.29, 1.82) is 0 Å². The van der Waals surface area contributed by atoms with Crippen molar-refractivity contribution in [3.8, 4) is 0 Å². The molecule has 0 saturated heterocycles. The molecular formula is C22H24F3N3O2. The second-order valence-corrected chi connectivity index (χ2v) is 7.65. The Labute approximate surface area is 173 Å². The van der Waals surface area contributed by atoms with E-state index in [0.717, 1.165) is 12.1 Å². The number of hydrogen-bond acceptors (Lipinski definition) is 3. The first-order chi connectivity index (χ1) is 14.1. The minimum absolute atomic E-state index is 0.0416. The third kappa shape index (κ3) is 5.82. The second kappa shape index (κ2) is 8.87. The maximum Gasteiger partial charge on any atom is 0.416 e. The average Bonchev–Trinajstić information content (AvgIpc) is 3.52. The monoisotopic (exact) mass is 419 g/mol. The molecule has 0 bridgehead atoms. The van der Waals surface area contributed by atoms with Gasteiger partial charge in [0.05, 0.1) is 12.1 Å². The third-order valence-electron chi connectivity index (χ3n) is 5.25. The van der Waals surface area contributed by atoms with E-state index in [9.17, 15) is 22.8 Å². The highest BCUT2D eigenvalue weighted by Crippen LogP contribution is 2.34. The van der Waals surface area contributed by atoms with Crippen LogP contribution in [-0.4, -0.2) is 36.3 Å². The number of rotatable bonds is 7. The van der Waals surface area contributed by atoms with Crippen LogP contribution < -0.4 is 10.6 Å². The zero-order valence-corrected chi connectivity index (χ0v) is 16.8. The third-order valence-corrected chi connectivity index (χ3v) is 5.25. The lowest BCUT2D eigenvalue weighted by Gasteiger charge is -2.23. The van der Waals surface area contributed by atoms with Crippen LogP contribution in [0.15, 0.2) is 48.5 Å². The minimum Gasteiger partial charge on any atom is -0.325 e. The van der Waals surface area contributed by atoms with Crippen molar-refractivity contribution in [2.24, 2.45) is 5.92 Å². The van der Waals surface area contributed by atoms with Crippen LogP contribution >= 0.6 is 0 Å². The fraction of sp³-hybridized carbons (Fsp3) is 0.364. The van der Waals surface area contributed by atoms with Crippen LogP contribution in [0.5, 0.6) is 0 Å². The lowest BCUT2D eigenvalue weighted by atomic mass is 10.1. The van der Waals surface area contributed by atoms with E-state index in [-0.39, 0.29) is 23.7 Å². The van der Waals surface area contributed by atoms with Gasteiger partial charge in [-0.3, -0.25) is 14.5 Å². The molecule has 2 N–H and O–H groups in total. The molecule has 0 spiro atoms. The second-order valence-electron chi connectivity index (χ2n) is 7.65. The van der Waals surface area contributed by atoms with E-state index in [2.05, 4.69) is 17.6 Å². The van der Waals surface area contributed by atoms with Crippen LogP contribution in [0.25, 0.3) is 0 Å². The summed E-state index contributed by atoms with van der Waals surface area (Å²) in [5, 5.41) is 5.22. The lowest BCUT2D eigenvalue weighted by Crippen LogP contribution is -2.37. The summed E-state index contributed by atoms with van der Waals surface area (Å²) in [6, 6.07) is 11.0. The summed E-state index contributed by atoms with van der Waals surface area (Å²) in [5.41, 5.74) is -0.125. The van der Waals surface area contributed by atoms with Gasteiger partial charge in [0.1, 0.15) is 0 Å². The van der Waals surface area contributed by atoms with Gasteiger partial charge in [-0.1, -0.05) is 12.1 Å². The van der Waals surface area contributed by atoms with Crippen molar-refractivity contribution in [3.05, 3.63) is 59.7 Å². The molecule has 160 valence electrons. The molecule has 1 aliphatic carbocycles. The number of nitrogens with one attached hydrogen (secondary N) is 2. The molecule has 5 nitrogen and oxygen atoms in total.